The van der Waals surface area contributed by atoms with Gasteiger partial charge in [-0.25, -0.2) is 4.39 Å². The average molecular weight is 282 g/mol. The Labute approximate surface area is 115 Å². The van der Waals surface area contributed by atoms with E-state index in [0.717, 1.165) is 5.56 Å². The van der Waals surface area contributed by atoms with E-state index in [-0.39, 0.29) is 16.6 Å². The fourth-order valence-electron chi connectivity index (χ4n) is 1.82. The molecule has 0 bridgehead atoms. The maximum absolute atomic E-state index is 13.6. The van der Waals surface area contributed by atoms with Gasteiger partial charge in [-0.3, -0.25) is 4.79 Å². The van der Waals surface area contributed by atoms with Crippen LogP contribution < -0.4 is 5.32 Å². The van der Waals surface area contributed by atoms with Crippen LogP contribution in [0.1, 0.15) is 22.8 Å². The summed E-state index contributed by atoms with van der Waals surface area (Å²) in [5.41, 5.74) is 0.843. The van der Waals surface area contributed by atoms with Crippen molar-refractivity contribution in [2.45, 2.75) is 19.4 Å². The first-order valence-electron chi connectivity index (χ1n) is 5.84. The van der Waals surface area contributed by atoms with E-state index in [9.17, 15) is 9.18 Å². The smallest absolute Gasteiger partial charge is 0.255 e. The number of furan rings is 1. The minimum absolute atomic E-state index is 0.105. The molecule has 0 fully saturated rings. The molecule has 2 rings (SSSR count). The normalized spacial score (nSPS) is 12.2. The summed E-state index contributed by atoms with van der Waals surface area (Å²) in [4.78, 5) is 12.0. The molecular formula is C14H13ClFNO2. The molecule has 100 valence electrons. The van der Waals surface area contributed by atoms with Crippen LogP contribution in [0.15, 0.2) is 41.2 Å². The molecule has 1 amide bonds. The number of halogens is 2. The molecule has 3 nitrogen and oxygen atoms in total. The fourth-order valence-corrected chi connectivity index (χ4v) is 2.07. The summed E-state index contributed by atoms with van der Waals surface area (Å²) in [6, 6.07) is 5.82. The van der Waals surface area contributed by atoms with Crippen molar-refractivity contribution in [3.05, 3.63) is 58.8 Å². The number of carbonyl (C=O) groups is 1. The lowest BCUT2D eigenvalue weighted by Gasteiger charge is -2.14. The third-order valence-electron chi connectivity index (χ3n) is 2.69. The number of benzene rings is 1. The second kappa shape index (κ2) is 5.89. The quantitative estimate of drug-likeness (QED) is 0.933. The van der Waals surface area contributed by atoms with Gasteiger partial charge in [0.15, 0.2) is 0 Å². The summed E-state index contributed by atoms with van der Waals surface area (Å²) < 4.78 is 18.5. The molecule has 0 unspecified atom stereocenters. The molecule has 0 radical (unpaired) electrons. The standard InChI is InChI=1S/C14H13ClFNO2/c1-9(7-10-5-6-19-8-10)17-14(18)13-11(15)3-2-4-12(13)16/h2-6,8-9H,7H2,1H3,(H,17,18)/t9-/m1/s1. The summed E-state index contributed by atoms with van der Waals surface area (Å²) in [5, 5.41) is 2.82. The maximum atomic E-state index is 13.6. The zero-order valence-corrected chi connectivity index (χ0v) is 11.1. The molecule has 0 saturated heterocycles. The molecule has 1 N–H and O–H groups in total. The Bertz CT molecular complexity index is 549. The first-order chi connectivity index (χ1) is 9.08. The van der Waals surface area contributed by atoms with Crippen molar-refractivity contribution < 1.29 is 13.6 Å². The van der Waals surface area contributed by atoms with Crippen molar-refractivity contribution in [2.75, 3.05) is 0 Å². The van der Waals surface area contributed by atoms with Crippen LogP contribution in [-0.2, 0) is 6.42 Å². The predicted octanol–water partition coefficient (Wildman–Crippen LogP) is 3.43. The predicted molar refractivity (Wildman–Crippen MR) is 70.8 cm³/mol. The van der Waals surface area contributed by atoms with Gasteiger partial charge in [0.2, 0.25) is 0 Å². The van der Waals surface area contributed by atoms with Gasteiger partial charge in [-0.15, -0.1) is 0 Å². The van der Waals surface area contributed by atoms with Gasteiger partial charge in [0.05, 0.1) is 23.1 Å². The molecule has 1 atom stereocenters. The van der Waals surface area contributed by atoms with Crippen LogP contribution in [0.25, 0.3) is 0 Å². The van der Waals surface area contributed by atoms with Gasteiger partial charge in [0.1, 0.15) is 5.82 Å². The van der Waals surface area contributed by atoms with Crippen LogP contribution in [0, 0.1) is 5.82 Å². The molecule has 0 spiro atoms. The zero-order valence-electron chi connectivity index (χ0n) is 10.3. The third-order valence-corrected chi connectivity index (χ3v) is 3.00. The van der Waals surface area contributed by atoms with Crippen LogP contribution in [0.3, 0.4) is 0 Å². The van der Waals surface area contributed by atoms with Gasteiger partial charge < -0.3 is 9.73 Å². The van der Waals surface area contributed by atoms with E-state index >= 15 is 0 Å². The Morgan fingerprint density at radius 1 is 1.47 bits per heavy atom. The highest BCUT2D eigenvalue weighted by Gasteiger charge is 2.17. The molecule has 5 heteroatoms. The fraction of sp³-hybridized carbons (Fsp3) is 0.214. The van der Waals surface area contributed by atoms with Gasteiger partial charge in [0, 0.05) is 6.04 Å². The van der Waals surface area contributed by atoms with Crippen molar-refractivity contribution in [2.24, 2.45) is 0 Å². The molecular weight excluding hydrogens is 269 g/mol. The van der Waals surface area contributed by atoms with Gasteiger partial charge >= 0.3 is 0 Å². The lowest BCUT2D eigenvalue weighted by molar-refractivity contribution is 0.0936. The van der Waals surface area contributed by atoms with Crippen molar-refractivity contribution >= 4 is 17.5 Å². The first-order valence-corrected chi connectivity index (χ1v) is 6.21. The number of hydrogen-bond acceptors (Lipinski definition) is 2. The largest absolute Gasteiger partial charge is 0.472 e. The van der Waals surface area contributed by atoms with Crippen molar-refractivity contribution in [3.8, 4) is 0 Å². The van der Waals surface area contributed by atoms with E-state index in [1.165, 1.54) is 18.2 Å². The molecule has 1 aromatic heterocycles. The van der Waals surface area contributed by atoms with E-state index in [1.54, 1.807) is 12.5 Å². The van der Waals surface area contributed by atoms with Gasteiger partial charge in [-0.05, 0) is 37.1 Å². The second-order valence-electron chi connectivity index (χ2n) is 4.31. The zero-order chi connectivity index (χ0) is 13.8. The van der Waals surface area contributed by atoms with Gasteiger partial charge in [-0.2, -0.15) is 0 Å². The lowest BCUT2D eigenvalue weighted by Crippen LogP contribution is -2.34. The minimum Gasteiger partial charge on any atom is -0.472 e. The van der Waals surface area contributed by atoms with Gasteiger partial charge in [-0.1, -0.05) is 17.7 Å². The topological polar surface area (TPSA) is 42.2 Å². The van der Waals surface area contributed by atoms with E-state index in [0.29, 0.717) is 6.42 Å². The molecule has 0 aliphatic rings. The molecule has 1 aromatic carbocycles. The Morgan fingerprint density at radius 3 is 2.89 bits per heavy atom. The summed E-state index contributed by atoms with van der Waals surface area (Å²) in [6.07, 6.45) is 3.78. The Morgan fingerprint density at radius 2 is 2.26 bits per heavy atom. The highest BCUT2D eigenvalue weighted by molar-refractivity contribution is 6.33. The van der Waals surface area contributed by atoms with E-state index in [1.807, 2.05) is 13.0 Å². The summed E-state index contributed by atoms with van der Waals surface area (Å²) in [6.45, 7) is 1.83. The van der Waals surface area contributed by atoms with E-state index < -0.39 is 11.7 Å². The van der Waals surface area contributed by atoms with E-state index in [2.05, 4.69) is 5.32 Å². The van der Waals surface area contributed by atoms with Crippen molar-refractivity contribution in [1.29, 1.82) is 0 Å². The third kappa shape index (κ3) is 3.35. The first kappa shape index (κ1) is 13.6. The average Bonchev–Trinajstić information content (AvgIpc) is 2.81. The summed E-state index contributed by atoms with van der Waals surface area (Å²) >= 11 is 5.83. The maximum Gasteiger partial charge on any atom is 0.255 e. The summed E-state index contributed by atoms with van der Waals surface area (Å²) in [5.74, 6) is -1.14. The Balaban J connectivity index is 2.04. The highest BCUT2D eigenvalue weighted by Crippen LogP contribution is 2.19. The molecule has 0 aliphatic heterocycles. The summed E-state index contributed by atoms with van der Waals surface area (Å²) in [7, 11) is 0. The minimum atomic E-state index is -0.625. The van der Waals surface area contributed by atoms with Crippen LogP contribution in [0.4, 0.5) is 4.39 Å². The highest BCUT2D eigenvalue weighted by atomic mass is 35.5. The lowest BCUT2D eigenvalue weighted by atomic mass is 10.1. The molecule has 19 heavy (non-hydrogen) atoms. The Hall–Kier alpha value is -1.81. The SMILES string of the molecule is C[C@H](Cc1ccoc1)NC(=O)c1c(F)cccc1Cl. The Kier molecular flexibility index (Phi) is 4.22. The van der Waals surface area contributed by atoms with Crippen LogP contribution in [0.2, 0.25) is 5.02 Å². The second-order valence-corrected chi connectivity index (χ2v) is 4.71. The van der Waals surface area contributed by atoms with Crippen molar-refractivity contribution in [3.63, 3.8) is 0 Å². The molecule has 1 heterocycles. The number of amides is 1. The number of rotatable bonds is 4. The van der Waals surface area contributed by atoms with Crippen LogP contribution in [-0.4, -0.2) is 11.9 Å². The van der Waals surface area contributed by atoms with Crippen LogP contribution >= 0.6 is 11.6 Å². The number of nitrogens with one attached hydrogen (secondary N) is 1. The van der Waals surface area contributed by atoms with E-state index in [4.69, 9.17) is 16.0 Å². The monoisotopic (exact) mass is 281 g/mol. The van der Waals surface area contributed by atoms with Gasteiger partial charge in [0.25, 0.3) is 5.91 Å². The molecule has 2 aromatic rings. The number of hydrogen-bond donors (Lipinski definition) is 1. The van der Waals surface area contributed by atoms with Crippen molar-refractivity contribution in [1.82, 2.24) is 5.32 Å². The molecule has 0 saturated carbocycles. The number of carbonyl (C=O) groups excluding carboxylic acids is 1. The molecule has 0 aliphatic carbocycles. The van der Waals surface area contributed by atoms with Crippen LogP contribution in [0.5, 0.6) is 0 Å².